The van der Waals surface area contributed by atoms with E-state index < -0.39 is 0 Å². The molecule has 0 saturated heterocycles. The summed E-state index contributed by atoms with van der Waals surface area (Å²) in [7, 11) is 0. The standard InChI is InChI=1S/C22H26N4/c1-15-4-9-25-22-19(15)7-11-26(22)18-3-2-16(12-18)13-21-20-14-23-8-5-17(20)6-10-24-21/h4,6-7,9-11,16,18,23H,2-3,5,8,12-14H2,1H3. The van der Waals surface area contributed by atoms with Crippen molar-refractivity contribution < 1.29 is 0 Å². The number of hydrogen-bond acceptors (Lipinski definition) is 3. The lowest BCUT2D eigenvalue weighted by molar-refractivity contribution is 0.476. The van der Waals surface area contributed by atoms with Gasteiger partial charge in [0, 0.05) is 42.3 Å². The maximum atomic E-state index is 4.75. The number of hydrogen-bond donors (Lipinski definition) is 1. The summed E-state index contributed by atoms with van der Waals surface area (Å²) < 4.78 is 2.41. The second-order valence-corrected chi connectivity index (χ2v) is 7.95. The lowest BCUT2D eigenvalue weighted by Crippen LogP contribution is -2.25. The second-order valence-electron chi connectivity index (χ2n) is 7.95. The van der Waals surface area contributed by atoms with Crippen molar-refractivity contribution in [1.82, 2.24) is 19.9 Å². The molecule has 0 radical (unpaired) electrons. The molecule has 1 aliphatic heterocycles. The van der Waals surface area contributed by atoms with E-state index in [-0.39, 0.29) is 0 Å². The zero-order valence-electron chi connectivity index (χ0n) is 15.4. The first-order valence-electron chi connectivity index (χ1n) is 9.88. The van der Waals surface area contributed by atoms with Gasteiger partial charge in [-0.25, -0.2) is 4.98 Å². The number of aromatic nitrogens is 3. The van der Waals surface area contributed by atoms with E-state index in [4.69, 9.17) is 4.98 Å². The summed E-state index contributed by atoms with van der Waals surface area (Å²) in [6.45, 7) is 4.25. The van der Waals surface area contributed by atoms with Gasteiger partial charge in [0.1, 0.15) is 5.65 Å². The molecular formula is C22H26N4. The predicted octanol–water partition coefficient (Wildman–Crippen LogP) is 3.97. The SMILES string of the molecule is Cc1ccnc2c1ccn2C1CCC(Cc2nccc3c2CNCC3)C1. The highest BCUT2D eigenvalue weighted by molar-refractivity contribution is 5.79. The maximum Gasteiger partial charge on any atom is 0.140 e. The van der Waals surface area contributed by atoms with Crippen molar-refractivity contribution in [2.24, 2.45) is 5.92 Å². The molecule has 5 rings (SSSR count). The molecule has 134 valence electrons. The molecule has 0 spiro atoms. The summed E-state index contributed by atoms with van der Waals surface area (Å²) in [6, 6.07) is 7.11. The minimum atomic E-state index is 0.574. The topological polar surface area (TPSA) is 42.7 Å². The van der Waals surface area contributed by atoms with Crippen LogP contribution in [-0.2, 0) is 19.4 Å². The molecule has 0 amide bonds. The number of aryl methyl sites for hydroxylation is 1. The number of pyridine rings is 2. The van der Waals surface area contributed by atoms with Crippen LogP contribution in [0.3, 0.4) is 0 Å². The molecule has 26 heavy (non-hydrogen) atoms. The summed E-state index contributed by atoms with van der Waals surface area (Å²) in [4.78, 5) is 9.40. The zero-order valence-corrected chi connectivity index (χ0v) is 15.4. The van der Waals surface area contributed by atoms with E-state index in [0.717, 1.165) is 37.5 Å². The van der Waals surface area contributed by atoms with Crippen LogP contribution >= 0.6 is 0 Å². The van der Waals surface area contributed by atoms with Crippen LogP contribution in [0.15, 0.2) is 36.8 Å². The molecule has 1 saturated carbocycles. The number of nitrogens with one attached hydrogen (secondary N) is 1. The van der Waals surface area contributed by atoms with Crippen LogP contribution in [-0.4, -0.2) is 21.1 Å². The van der Waals surface area contributed by atoms with Gasteiger partial charge in [-0.05, 0) is 86.4 Å². The average Bonchev–Trinajstić information content (AvgIpc) is 3.29. The highest BCUT2D eigenvalue weighted by Gasteiger charge is 2.28. The lowest BCUT2D eigenvalue weighted by Gasteiger charge is -2.21. The lowest BCUT2D eigenvalue weighted by atomic mass is 9.93. The van der Waals surface area contributed by atoms with Gasteiger partial charge in [0.05, 0.1) is 0 Å². The first-order chi connectivity index (χ1) is 12.8. The monoisotopic (exact) mass is 346 g/mol. The third-order valence-corrected chi connectivity index (χ3v) is 6.34. The first-order valence-corrected chi connectivity index (χ1v) is 9.88. The summed E-state index contributed by atoms with van der Waals surface area (Å²) in [6.07, 6.45) is 12.2. The van der Waals surface area contributed by atoms with Crippen LogP contribution < -0.4 is 5.32 Å². The average molecular weight is 346 g/mol. The van der Waals surface area contributed by atoms with Crippen molar-refractivity contribution in [3.8, 4) is 0 Å². The van der Waals surface area contributed by atoms with Crippen LogP contribution in [0.5, 0.6) is 0 Å². The van der Waals surface area contributed by atoms with Gasteiger partial charge in [-0.3, -0.25) is 4.98 Å². The van der Waals surface area contributed by atoms with E-state index >= 15 is 0 Å². The van der Waals surface area contributed by atoms with Crippen LogP contribution in [0.1, 0.15) is 47.7 Å². The highest BCUT2D eigenvalue weighted by atomic mass is 15.1. The van der Waals surface area contributed by atoms with Gasteiger partial charge in [-0.2, -0.15) is 0 Å². The molecule has 3 aromatic rings. The van der Waals surface area contributed by atoms with Crippen molar-refractivity contribution >= 4 is 11.0 Å². The van der Waals surface area contributed by atoms with E-state index in [1.807, 2.05) is 12.4 Å². The summed E-state index contributed by atoms with van der Waals surface area (Å²) >= 11 is 0. The minimum Gasteiger partial charge on any atom is -0.329 e. The van der Waals surface area contributed by atoms with Gasteiger partial charge >= 0.3 is 0 Å². The fourth-order valence-corrected chi connectivity index (χ4v) is 4.89. The Morgan fingerprint density at radius 1 is 1.15 bits per heavy atom. The Bertz CT molecular complexity index is 942. The molecule has 2 atom stereocenters. The number of nitrogens with zero attached hydrogens (tertiary/aromatic N) is 3. The third-order valence-electron chi connectivity index (χ3n) is 6.34. The van der Waals surface area contributed by atoms with E-state index in [0.29, 0.717) is 6.04 Å². The molecule has 2 aliphatic rings. The van der Waals surface area contributed by atoms with Gasteiger partial charge < -0.3 is 9.88 Å². The quantitative estimate of drug-likeness (QED) is 0.780. The van der Waals surface area contributed by atoms with Gasteiger partial charge in [0.15, 0.2) is 0 Å². The van der Waals surface area contributed by atoms with Crippen LogP contribution in [0.25, 0.3) is 11.0 Å². The predicted molar refractivity (Wildman–Crippen MR) is 104 cm³/mol. The Labute approximate surface area is 154 Å². The molecule has 1 N–H and O–H groups in total. The number of rotatable bonds is 3. The van der Waals surface area contributed by atoms with Crippen molar-refractivity contribution in [1.29, 1.82) is 0 Å². The zero-order chi connectivity index (χ0) is 17.5. The van der Waals surface area contributed by atoms with E-state index in [9.17, 15) is 0 Å². The van der Waals surface area contributed by atoms with Crippen molar-refractivity contribution in [2.45, 2.75) is 51.6 Å². The van der Waals surface area contributed by atoms with E-state index in [2.05, 4.69) is 46.2 Å². The first kappa shape index (κ1) is 16.0. The van der Waals surface area contributed by atoms with Gasteiger partial charge in [0.25, 0.3) is 0 Å². The summed E-state index contributed by atoms with van der Waals surface area (Å²) in [5, 5.41) is 4.80. The van der Waals surface area contributed by atoms with E-state index in [1.165, 1.54) is 47.0 Å². The molecule has 4 nitrogen and oxygen atoms in total. The summed E-state index contributed by atoms with van der Waals surface area (Å²) in [5.41, 5.74) is 6.75. The van der Waals surface area contributed by atoms with Gasteiger partial charge in [-0.15, -0.1) is 0 Å². The van der Waals surface area contributed by atoms with Crippen molar-refractivity contribution in [2.75, 3.05) is 6.54 Å². The molecule has 4 heteroatoms. The Hall–Kier alpha value is -2.20. The highest BCUT2D eigenvalue weighted by Crippen LogP contribution is 2.38. The molecule has 1 fully saturated rings. The van der Waals surface area contributed by atoms with Crippen LogP contribution in [0, 0.1) is 12.8 Å². The third kappa shape index (κ3) is 2.73. The molecule has 3 aromatic heterocycles. The molecule has 2 unspecified atom stereocenters. The fourth-order valence-electron chi connectivity index (χ4n) is 4.89. The maximum absolute atomic E-state index is 4.75. The molecule has 4 heterocycles. The second kappa shape index (κ2) is 6.51. The molecule has 0 aromatic carbocycles. The van der Waals surface area contributed by atoms with Crippen LogP contribution in [0.4, 0.5) is 0 Å². The molecular weight excluding hydrogens is 320 g/mol. The Kier molecular flexibility index (Phi) is 4.01. The van der Waals surface area contributed by atoms with Gasteiger partial charge in [0.2, 0.25) is 0 Å². The van der Waals surface area contributed by atoms with Gasteiger partial charge in [-0.1, -0.05) is 0 Å². The smallest absolute Gasteiger partial charge is 0.140 e. The minimum absolute atomic E-state index is 0.574. The molecule has 1 aliphatic carbocycles. The molecule has 0 bridgehead atoms. The number of fused-ring (bicyclic) bond motifs is 2. The largest absolute Gasteiger partial charge is 0.329 e. The normalized spacial score (nSPS) is 22.7. The van der Waals surface area contributed by atoms with E-state index in [1.54, 1.807) is 0 Å². The Balaban J connectivity index is 1.36. The van der Waals surface area contributed by atoms with Crippen LogP contribution in [0.2, 0.25) is 0 Å². The van der Waals surface area contributed by atoms with Crippen molar-refractivity contribution in [3.05, 3.63) is 59.2 Å². The Morgan fingerprint density at radius 2 is 2.08 bits per heavy atom. The Morgan fingerprint density at radius 3 is 3.04 bits per heavy atom. The van der Waals surface area contributed by atoms with Crippen molar-refractivity contribution in [3.63, 3.8) is 0 Å². The summed E-state index contributed by atoms with van der Waals surface area (Å²) in [5.74, 6) is 0.725. The fraction of sp³-hybridized carbons (Fsp3) is 0.455.